The molecule has 25 heavy (non-hydrogen) atoms. The number of carbonyl (C=O) groups is 1. The fourth-order valence-electron chi connectivity index (χ4n) is 5.62. The van der Waals surface area contributed by atoms with Crippen LogP contribution in [0, 0.1) is 29.1 Å². The van der Waals surface area contributed by atoms with Crippen molar-refractivity contribution in [1.29, 1.82) is 0 Å². The fraction of sp³-hybridized carbons (Fsp3) is 0.522. The van der Waals surface area contributed by atoms with Crippen molar-refractivity contribution in [3.63, 3.8) is 0 Å². The summed E-state index contributed by atoms with van der Waals surface area (Å²) in [5.74, 6) is 1.67. The molecule has 2 fully saturated rings. The molecule has 0 bridgehead atoms. The van der Waals surface area contributed by atoms with Crippen molar-refractivity contribution in [2.75, 3.05) is 6.61 Å². The van der Waals surface area contributed by atoms with Gasteiger partial charge in [0.15, 0.2) is 0 Å². The van der Waals surface area contributed by atoms with Crippen LogP contribution in [0.5, 0.6) is 0 Å². The molecule has 3 aliphatic rings. The minimum atomic E-state index is -0.00739. The van der Waals surface area contributed by atoms with Crippen molar-refractivity contribution < 1.29 is 9.53 Å². The van der Waals surface area contributed by atoms with Gasteiger partial charge in [0.05, 0.1) is 12.5 Å². The fourth-order valence-corrected chi connectivity index (χ4v) is 5.62. The Morgan fingerprint density at radius 2 is 2.12 bits per heavy atom. The van der Waals surface area contributed by atoms with Gasteiger partial charge in [-0.05, 0) is 42.6 Å². The van der Waals surface area contributed by atoms with Crippen molar-refractivity contribution in [2.45, 2.75) is 39.0 Å². The highest BCUT2D eigenvalue weighted by Gasteiger charge is 2.64. The summed E-state index contributed by atoms with van der Waals surface area (Å²) < 4.78 is 5.53. The lowest BCUT2D eigenvalue weighted by Gasteiger charge is -2.39. The Kier molecular flexibility index (Phi) is 4.10. The molecule has 0 amide bonds. The second-order valence-electron chi connectivity index (χ2n) is 8.15. The number of rotatable bonds is 5. The molecule has 3 aliphatic carbocycles. The SMILES string of the molecule is C=C1C(C(C)c2ccccc2)CC23C=CC2CC(C(=O)OCCC)C13. The molecule has 0 N–H and O–H groups in total. The van der Waals surface area contributed by atoms with Gasteiger partial charge in [-0.1, -0.05) is 68.5 Å². The number of ether oxygens (including phenoxy) is 1. The minimum absolute atomic E-state index is 0.00316. The first-order valence-electron chi connectivity index (χ1n) is 9.68. The van der Waals surface area contributed by atoms with Gasteiger partial charge in [-0.25, -0.2) is 0 Å². The molecule has 2 saturated carbocycles. The summed E-state index contributed by atoms with van der Waals surface area (Å²) in [6.45, 7) is 9.39. The van der Waals surface area contributed by atoms with Crippen LogP contribution in [-0.2, 0) is 9.53 Å². The highest BCUT2D eigenvalue weighted by molar-refractivity contribution is 5.75. The zero-order valence-corrected chi connectivity index (χ0v) is 15.3. The monoisotopic (exact) mass is 336 g/mol. The number of allylic oxidation sites excluding steroid dienone is 3. The third-order valence-electron chi connectivity index (χ3n) is 6.95. The summed E-state index contributed by atoms with van der Waals surface area (Å²) in [6, 6.07) is 10.7. The summed E-state index contributed by atoms with van der Waals surface area (Å²) in [4.78, 5) is 12.7. The third kappa shape index (κ3) is 2.41. The molecule has 6 unspecified atom stereocenters. The maximum absolute atomic E-state index is 12.7. The number of carbonyl (C=O) groups excluding carboxylic acids is 1. The Balaban J connectivity index is 1.59. The van der Waals surface area contributed by atoms with Gasteiger partial charge >= 0.3 is 5.97 Å². The quantitative estimate of drug-likeness (QED) is 0.550. The van der Waals surface area contributed by atoms with Gasteiger partial charge in [-0.15, -0.1) is 0 Å². The molecule has 1 aromatic carbocycles. The Labute approximate surface area is 151 Å². The van der Waals surface area contributed by atoms with Crippen LogP contribution in [-0.4, -0.2) is 12.6 Å². The molecule has 1 aromatic rings. The smallest absolute Gasteiger partial charge is 0.309 e. The number of hydrogen-bond donors (Lipinski definition) is 0. The molecule has 6 atom stereocenters. The first-order valence-corrected chi connectivity index (χ1v) is 9.68. The van der Waals surface area contributed by atoms with E-state index < -0.39 is 0 Å². The van der Waals surface area contributed by atoms with Gasteiger partial charge in [0.25, 0.3) is 0 Å². The second kappa shape index (κ2) is 6.16. The number of benzene rings is 1. The van der Waals surface area contributed by atoms with E-state index in [1.54, 1.807) is 0 Å². The lowest BCUT2D eigenvalue weighted by molar-refractivity contribution is -0.149. The predicted octanol–water partition coefficient (Wildman–Crippen LogP) is 5.13. The van der Waals surface area contributed by atoms with E-state index in [0.717, 1.165) is 19.3 Å². The average molecular weight is 336 g/mol. The molecule has 4 rings (SSSR count). The van der Waals surface area contributed by atoms with Gasteiger partial charge in [0, 0.05) is 11.3 Å². The van der Waals surface area contributed by atoms with E-state index in [1.807, 2.05) is 6.92 Å². The lowest BCUT2D eigenvalue weighted by atomic mass is 9.65. The van der Waals surface area contributed by atoms with Crippen LogP contribution in [0.4, 0.5) is 0 Å². The van der Waals surface area contributed by atoms with Crippen LogP contribution in [0.15, 0.2) is 54.6 Å². The number of hydrogen-bond acceptors (Lipinski definition) is 2. The molecule has 2 heteroatoms. The standard InChI is InChI=1S/C23H28O2/c1-4-12-25-22(24)19-13-18-10-11-23(18)14-20(16(3)21(19)23)15(2)17-8-6-5-7-9-17/h5-11,15,18-21H,3-4,12-14H2,1-2H3. The Hall–Kier alpha value is -1.83. The van der Waals surface area contributed by atoms with Crippen molar-refractivity contribution in [2.24, 2.45) is 29.1 Å². The molecule has 0 radical (unpaired) electrons. The Morgan fingerprint density at radius 3 is 2.76 bits per heavy atom. The summed E-state index contributed by atoms with van der Waals surface area (Å²) in [5.41, 5.74) is 2.82. The second-order valence-corrected chi connectivity index (χ2v) is 8.15. The van der Waals surface area contributed by atoms with Crippen molar-refractivity contribution >= 4 is 5.97 Å². The zero-order chi connectivity index (χ0) is 17.6. The summed E-state index contributed by atoms with van der Waals surface area (Å²) in [6.07, 6.45) is 7.63. The van der Waals surface area contributed by atoms with E-state index >= 15 is 0 Å². The predicted molar refractivity (Wildman–Crippen MR) is 100 cm³/mol. The van der Waals surface area contributed by atoms with Crippen molar-refractivity contribution in [3.8, 4) is 0 Å². The van der Waals surface area contributed by atoms with Crippen LogP contribution in [0.3, 0.4) is 0 Å². The third-order valence-corrected chi connectivity index (χ3v) is 6.95. The van der Waals surface area contributed by atoms with E-state index in [-0.39, 0.29) is 23.2 Å². The maximum Gasteiger partial charge on any atom is 0.309 e. The maximum atomic E-state index is 12.7. The molecular formula is C23H28O2. The Bertz CT molecular complexity index is 704. The van der Waals surface area contributed by atoms with E-state index in [1.165, 1.54) is 11.1 Å². The molecule has 0 heterocycles. The van der Waals surface area contributed by atoms with Gasteiger partial charge in [0.2, 0.25) is 0 Å². The minimum Gasteiger partial charge on any atom is -0.465 e. The zero-order valence-electron chi connectivity index (χ0n) is 15.3. The van der Waals surface area contributed by atoms with Gasteiger partial charge in [-0.3, -0.25) is 4.79 Å². The van der Waals surface area contributed by atoms with E-state index in [2.05, 4.69) is 56.0 Å². The molecule has 0 saturated heterocycles. The van der Waals surface area contributed by atoms with Crippen LogP contribution in [0.25, 0.3) is 0 Å². The van der Waals surface area contributed by atoms with E-state index in [0.29, 0.717) is 24.4 Å². The molecule has 2 nitrogen and oxygen atoms in total. The van der Waals surface area contributed by atoms with Crippen LogP contribution >= 0.6 is 0 Å². The average Bonchev–Trinajstić information content (AvgIpc) is 3.05. The van der Waals surface area contributed by atoms with Crippen LogP contribution < -0.4 is 0 Å². The van der Waals surface area contributed by atoms with Crippen LogP contribution in [0.2, 0.25) is 0 Å². The topological polar surface area (TPSA) is 26.3 Å². The number of esters is 1. The van der Waals surface area contributed by atoms with E-state index in [4.69, 9.17) is 4.74 Å². The summed E-state index contributed by atoms with van der Waals surface area (Å²) in [7, 11) is 0. The summed E-state index contributed by atoms with van der Waals surface area (Å²) in [5, 5.41) is 0. The Morgan fingerprint density at radius 1 is 1.36 bits per heavy atom. The largest absolute Gasteiger partial charge is 0.465 e. The van der Waals surface area contributed by atoms with Crippen molar-refractivity contribution in [1.82, 2.24) is 0 Å². The lowest BCUT2D eigenvalue weighted by Crippen LogP contribution is -2.33. The first kappa shape index (κ1) is 16.6. The molecule has 132 valence electrons. The first-order chi connectivity index (χ1) is 12.1. The highest BCUT2D eigenvalue weighted by atomic mass is 16.5. The summed E-state index contributed by atoms with van der Waals surface area (Å²) >= 11 is 0. The van der Waals surface area contributed by atoms with Gasteiger partial charge < -0.3 is 4.74 Å². The molecule has 1 spiro atoms. The normalized spacial score (nSPS) is 36.5. The van der Waals surface area contributed by atoms with Crippen LogP contribution in [0.1, 0.15) is 44.6 Å². The van der Waals surface area contributed by atoms with Gasteiger partial charge in [-0.2, -0.15) is 0 Å². The van der Waals surface area contributed by atoms with Gasteiger partial charge in [0.1, 0.15) is 0 Å². The molecular weight excluding hydrogens is 308 g/mol. The molecule has 0 aromatic heterocycles. The molecule has 0 aliphatic heterocycles. The van der Waals surface area contributed by atoms with Crippen molar-refractivity contribution in [3.05, 3.63) is 60.2 Å². The van der Waals surface area contributed by atoms with E-state index in [9.17, 15) is 4.79 Å². The highest BCUT2D eigenvalue weighted by Crippen LogP contribution is 2.70.